The summed E-state index contributed by atoms with van der Waals surface area (Å²) in [5.74, 6) is 4.48. The van der Waals surface area contributed by atoms with Crippen molar-refractivity contribution in [1.82, 2.24) is 5.01 Å². The highest BCUT2D eigenvalue weighted by atomic mass is 16.3. The molecule has 0 aliphatic rings. The molecule has 0 aliphatic heterocycles. The van der Waals surface area contributed by atoms with Gasteiger partial charge in [0, 0.05) is 0 Å². The van der Waals surface area contributed by atoms with Crippen LogP contribution in [0.4, 0.5) is 0 Å². The Morgan fingerprint density at radius 3 is 2.15 bits per heavy atom. The van der Waals surface area contributed by atoms with Crippen molar-refractivity contribution in [3.63, 3.8) is 0 Å². The van der Waals surface area contributed by atoms with Gasteiger partial charge in [0.2, 0.25) is 0 Å². The van der Waals surface area contributed by atoms with Crippen molar-refractivity contribution in [2.45, 2.75) is 0 Å². The number of amides is 1. The van der Waals surface area contributed by atoms with Crippen LogP contribution in [0.25, 0.3) is 0 Å². The standard InChI is InChI=1S/C6H14N4O3/c7-4(3-12)5(6(8)13)10(9)1-2-11/h11-12H,1-3,7,9H2,(H2,8,13)/b5-4-. The normalized spacial score (nSPS) is 12.2. The highest BCUT2D eigenvalue weighted by Gasteiger charge is 2.14. The molecule has 0 aliphatic carbocycles. The molecule has 0 saturated carbocycles. The number of hydrazine groups is 1. The lowest BCUT2D eigenvalue weighted by Crippen LogP contribution is -2.41. The smallest absolute Gasteiger partial charge is 0.268 e. The van der Waals surface area contributed by atoms with Crippen molar-refractivity contribution in [1.29, 1.82) is 0 Å². The molecule has 0 spiro atoms. The van der Waals surface area contributed by atoms with Crippen LogP contribution >= 0.6 is 0 Å². The summed E-state index contributed by atoms with van der Waals surface area (Å²) in [6, 6.07) is 0. The van der Waals surface area contributed by atoms with E-state index in [1.54, 1.807) is 0 Å². The van der Waals surface area contributed by atoms with Crippen LogP contribution in [0.5, 0.6) is 0 Å². The second-order valence-electron chi connectivity index (χ2n) is 2.31. The van der Waals surface area contributed by atoms with E-state index in [4.69, 9.17) is 27.5 Å². The van der Waals surface area contributed by atoms with E-state index < -0.39 is 12.5 Å². The molecule has 0 unspecified atom stereocenters. The molecular weight excluding hydrogens is 176 g/mol. The lowest BCUT2D eigenvalue weighted by molar-refractivity contribution is -0.116. The molecule has 0 saturated heterocycles. The van der Waals surface area contributed by atoms with Gasteiger partial charge in [-0.25, -0.2) is 5.84 Å². The monoisotopic (exact) mass is 190 g/mol. The number of rotatable bonds is 5. The van der Waals surface area contributed by atoms with Crippen molar-refractivity contribution in [2.24, 2.45) is 17.3 Å². The maximum absolute atomic E-state index is 10.8. The Kier molecular flexibility index (Phi) is 4.82. The molecule has 0 fully saturated rings. The predicted octanol–water partition coefficient (Wildman–Crippen LogP) is -3.20. The fraction of sp³-hybridized carbons (Fsp3) is 0.500. The summed E-state index contributed by atoms with van der Waals surface area (Å²) in [7, 11) is 0. The van der Waals surface area contributed by atoms with Crippen molar-refractivity contribution in [3.8, 4) is 0 Å². The molecule has 13 heavy (non-hydrogen) atoms. The van der Waals surface area contributed by atoms with Gasteiger partial charge in [0.05, 0.1) is 25.5 Å². The Bertz CT molecular complexity index is 216. The molecule has 8 N–H and O–H groups in total. The number of carbonyl (C=O) groups excluding carboxylic acids is 1. The third-order valence-electron chi connectivity index (χ3n) is 1.34. The Labute approximate surface area is 75.4 Å². The van der Waals surface area contributed by atoms with E-state index in [0.717, 1.165) is 5.01 Å². The number of nitrogens with two attached hydrogens (primary N) is 3. The van der Waals surface area contributed by atoms with Crippen LogP contribution in [0.15, 0.2) is 11.4 Å². The van der Waals surface area contributed by atoms with Crippen LogP contribution in [-0.4, -0.2) is 40.9 Å². The van der Waals surface area contributed by atoms with Crippen LogP contribution < -0.4 is 17.3 Å². The summed E-state index contributed by atoms with van der Waals surface area (Å²) in [6.45, 7) is -0.748. The first-order valence-electron chi connectivity index (χ1n) is 3.57. The van der Waals surface area contributed by atoms with E-state index in [1.165, 1.54) is 0 Å². The van der Waals surface area contributed by atoms with Gasteiger partial charge in [0.15, 0.2) is 0 Å². The maximum atomic E-state index is 10.8. The predicted molar refractivity (Wildman–Crippen MR) is 45.5 cm³/mol. The number of carbonyl (C=O) groups is 1. The number of primary amides is 1. The molecule has 0 rings (SSSR count). The molecular formula is C6H14N4O3. The van der Waals surface area contributed by atoms with Gasteiger partial charge < -0.3 is 26.7 Å². The molecule has 0 aromatic rings. The zero-order chi connectivity index (χ0) is 10.4. The van der Waals surface area contributed by atoms with E-state index >= 15 is 0 Å². The van der Waals surface area contributed by atoms with Gasteiger partial charge in [-0.05, 0) is 0 Å². The van der Waals surface area contributed by atoms with Gasteiger partial charge in [0.1, 0.15) is 5.70 Å². The lowest BCUT2D eigenvalue weighted by Gasteiger charge is -2.19. The minimum absolute atomic E-state index is 0.0129. The van der Waals surface area contributed by atoms with Crippen LogP contribution in [-0.2, 0) is 4.79 Å². The largest absolute Gasteiger partial charge is 0.398 e. The number of hydrogen-bond donors (Lipinski definition) is 5. The first-order chi connectivity index (χ1) is 6.04. The Hall–Kier alpha value is -1.31. The molecule has 7 heteroatoms. The quantitative estimate of drug-likeness (QED) is 0.176. The number of nitrogens with zero attached hydrogens (tertiary/aromatic N) is 1. The van der Waals surface area contributed by atoms with Gasteiger partial charge in [-0.2, -0.15) is 0 Å². The van der Waals surface area contributed by atoms with Gasteiger partial charge in [-0.3, -0.25) is 4.79 Å². The topological polar surface area (TPSA) is 139 Å². The molecule has 0 heterocycles. The van der Waals surface area contributed by atoms with E-state index in [1.807, 2.05) is 0 Å². The SMILES string of the molecule is NC(=O)/C(=C(/N)CO)N(N)CCO. The molecule has 0 bridgehead atoms. The number of aliphatic hydroxyl groups is 2. The van der Waals surface area contributed by atoms with Crippen molar-refractivity contribution < 1.29 is 15.0 Å². The van der Waals surface area contributed by atoms with E-state index in [0.29, 0.717) is 0 Å². The minimum Gasteiger partial charge on any atom is -0.398 e. The zero-order valence-electron chi connectivity index (χ0n) is 7.10. The Morgan fingerprint density at radius 2 is 1.85 bits per heavy atom. The summed E-state index contributed by atoms with van der Waals surface area (Å²) in [5, 5.41) is 18.1. The van der Waals surface area contributed by atoms with Crippen LogP contribution in [0.1, 0.15) is 0 Å². The minimum atomic E-state index is -0.845. The fourth-order valence-corrected chi connectivity index (χ4v) is 0.779. The van der Waals surface area contributed by atoms with Gasteiger partial charge in [-0.1, -0.05) is 0 Å². The van der Waals surface area contributed by atoms with Crippen LogP contribution in [0.3, 0.4) is 0 Å². The van der Waals surface area contributed by atoms with Crippen LogP contribution in [0, 0.1) is 0 Å². The van der Waals surface area contributed by atoms with E-state index in [9.17, 15) is 4.79 Å². The van der Waals surface area contributed by atoms with Gasteiger partial charge >= 0.3 is 0 Å². The third-order valence-corrected chi connectivity index (χ3v) is 1.34. The molecule has 1 amide bonds. The van der Waals surface area contributed by atoms with Crippen molar-refractivity contribution in [3.05, 3.63) is 11.4 Å². The molecule has 0 atom stereocenters. The Morgan fingerprint density at radius 1 is 1.31 bits per heavy atom. The van der Waals surface area contributed by atoms with Crippen LogP contribution in [0.2, 0.25) is 0 Å². The fourth-order valence-electron chi connectivity index (χ4n) is 0.779. The Balaban J connectivity index is 4.71. The molecule has 0 aromatic carbocycles. The molecule has 0 aromatic heterocycles. The van der Waals surface area contributed by atoms with Gasteiger partial charge in [-0.15, -0.1) is 0 Å². The third kappa shape index (κ3) is 3.28. The summed E-state index contributed by atoms with van der Waals surface area (Å²) < 4.78 is 0. The highest BCUT2D eigenvalue weighted by Crippen LogP contribution is 2.00. The highest BCUT2D eigenvalue weighted by molar-refractivity contribution is 5.91. The van der Waals surface area contributed by atoms with E-state index in [-0.39, 0.29) is 24.5 Å². The zero-order valence-corrected chi connectivity index (χ0v) is 7.10. The number of aliphatic hydroxyl groups excluding tert-OH is 2. The molecule has 76 valence electrons. The lowest BCUT2D eigenvalue weighted by atomic mass is 10.3. The van der Waals surface area contributed by atoms with Gasteiger partial charge in [0.25, 0.3) is 5.91 Å². The second-order valence-corrected chi connectivity index (χ2v) is 2.31. The molecule has 7 nitrogen and oxygen atoms in total. The summed E-state index contributed by atoms with van der Waals surface area (Å²) in [4.78, 5) is 10.8. The average molecular weight is 190 g/mol. The van der Waals surface area contributed by atoms with E-state index in [2.05, 4.69) is 0 Å². The first kappa shape index (κ1) is 11.7. The summed E-state index contributed by atoms with van der Waals surface area (Å²) in [6.07, 6.45) is 0. The molecule has 0 radical (unpaired) electrons. The average Bonchev–Trinajstić information content (AvgIpc) is 2.04. The summed E-state index contributed by atoms with van der Waals surface area (Å²) in [5.41, 5.74) is 9.92. The van der Waals surface area contributed by atoms with Crippen molar-refractivity contribution in [2.75, 3.05) is 19.8 Å². The first-order valence-corrected chi connectivity index (χ1v) is 3.57. The van der Waals surface area contributed by atoms with Crippen molar-refractivity contribution >= 4 is 5.91 Å². The second kappa shape index (κ2) is 5.36. The number of hydrogen-bond acceptors (Lipinski definition) is 6. The summed E-state index contributed by atoms with van der Waals surface area (Å²) >= 11 is 0. The maximum Gasteiger partial charge on any atom is 0.268 e.